The van der Waals surface area contributed by atoms with Crippen LogP contribution in [-0.2, 0) is 4.74 Å². The van der Waals surface area contributed by atoms with Gasteiger partial charge in [-0.3, -0.25) is 4.90 Å². The van der Waals surface area contributed by atoms with E-state index in [1.165, 1.54) is 51.6 Å². The normalized spacial score (nSPS) is 48.8. The van der Waals surface area contributed by atoms with Gasteiger partial charge in [-0.15, -0.1) is 0 Å². The lowest BCUT2D eigenvalue weighted by Gasteiger charge is -2.47. The van der Waals surface area contributed by atoms with Gasteiger partial charge >= 0.3 is 0 Å². The van der Waals surface area contributed by atoms with Crippen molar-refractivity contribution in [3.05, 3.63) is 0 Å². The summed E-state index contributed by atoms with van der Waals surface area (Å²) in [6.45, 7) is 3.36. The highest BCUT2D eigenvalue weighted by molar-refractivity contribution is 5.04. The second-order valence-corrected chi connectivity index (χ2v) is 6.28. The molecule has 1 aliphatic carbocycles. The number of nitrogens with zero attached hydrogens (tertiary/aromatic N) is 1. The molecule has 0 aromatic heterocycles. The number of morpholine rings is 1. The molecule has 4 aliphatic rings. The lowest BCUT2D eigenvalue weighted by atomic mass is 9.85. The number of rotatable bonds is 1. The predicted molar refractivity (Wildman–Crippen MR) is 62.5 cm³/mol. The average molecular weight is 222 g/mol. The van der Waals surface area contributed by atoms with Gasteiger partial charge in [-0.25, -0.2) is 0 Å². The van der Waals surface area contributed by atoms with E-state index < -0.39 is 0 Å². The zero-order valence-electron chi connectivity index (χ0n) is 9.95. The Morgan fingerprint density at radius 1 is 1.06 bits per heavy atom. The third kappa shape index (κ3) is 1.60. The fourth-order valence-corrected chi connectivity index (χ4v) is 4.08. The summed E-state index contributed by atoms with van der Waals surface area (Å²) >= 11 is 0. The number of nitrogens with one attached hydrogen (secondary N) is 1. The molecular formula is C13H22N2O. The topological polar surface area (TPSA) is 24.5 Å². The molecule has 0 aromatic carbocycles. The van der Waals surface area contributed by atoms with E-state index in [9.17, 15) is 0 Å². The Labute approximate surface area is 97.5 Å². The first-order chi connectivity index (χ1) is 7.83. The molecular weight excluding hydrogens is 200 g/mol. The minimum Gasteiger partial charge on any atom is -0.372 e. The van der Waals surface area contributed by atoms with Gasteiger partial charge < -0.3 is 10.1 Å². The predicted octanol–water partition coefficient (Wildman–Crippen LogP) is 1.13. The Hall–Kier alpha value is -0.120. The van der Waals surface area contributed by atoms with Crippen LogP contribution in [0.5, 0.6) is 0 Å². The van der Waals surface area contributed by atoms with Crippen molar-refractivity contribution in [2.24, 2.45) is 0 Å². The van der Waals surface area contributed by atoms with Crippen LogP contribution >= 0.6 is 0 Å². The molecule has 3 aliphatic heterocycles. The van der Waals surface area contributed by atoms with E-state index in [2.05, 4.69) is 10.2 Å². The smallest absolute Gasteiger partial charge is 0.0839 e. The van der Waals surface area contributed by atoms with Crippen LogP contribution in [0.3, 0.4) is 0 Å². The van der Waals surface area contributed by atoms with E-state index in [-0.39, 0.29) is 5.60 Å². The van der Waals surface area contributed by atoms with Crippen molar-refractivity contribution in [2.75, 3.05) is 19.7 Å². The number of ether oxygens (including phenoxy) is 1. The van der Waals surface area contributed by atoms with E-state index in [0.717, 1.165) is 24.7 Å². The summed E-state index contributed by atoms with van der Waals surface area (Å²) in [4.78, 5) is 2.70. The largest absolute Gasteiger partial charge is 0.372 e. The quantitative estimate of drug-likeness (QED) is 0.720. The van der Waals surface area contributed by atoms with Crippen molar-refractivity contribution in [1.29, 1.82) is 0 Å². The second kappa shape index (κ2) is 3.44. The molecule has 2 unspecified atom stereocenters. The fourth-order valence-electron chi connectivity index (χ4n) is 4.08. The lowest BCUT2D eigenvalue weighted by molar-refractivity contribution is -0.133. The van der Waals surface area contributed by atoms with Crippen molar-refractivity contribution >= 4 is 0 Å². The highest BCUT2D eigenvalue weighted by atomic mass is 16.5. The zero-order valence-corrected chi connectivity index (χ0v) is 9.95. The second-order valence-electron chi connectivity index (χ2n) is 6.28. The van der Waals surface area contributed by atoms with Crippen molar-refractivity contribution in [2.45, 2.75) is 62.3 Å². The number of hydrogen-bond donors (Lipinski definition) is 1. The van der Waals surface area contributed by atoms with Gasteiger partial charge in [0.2, 0.25) is 0 Å². The molecule has 1 N–H and O–H groups in total. The van der Waals surface area contributed by atoms with E-state index in [4.69, 9.17) is 4.74 Å². The first kappa shape index (κ1) is 9.86. The van der Waals surface area contributed by atoms with Crippen LogP contribution in [0.1, 0.15) is 38.5 Å². The summed E-state index contributed by atoms with van der Waals surface area (Å²) in [5.74, 6) is 0. The van der Waals surface area contributed by atoms with Gasteiger partial charge in [-0.2, -0.15) is 0 Å². The molecule has 4 fully saturated rings. The fraction of sp³-hybridized carbons (Fsp3) is 1.00. The zero-order chi connectivity index (χ0) is 10.6. The molecule has 1 saturated carbocycles. The standard InChI is InChI=1S/C13H22N2O/c1-2-11-8-13(7-10(1)14-11)9-15(5-6-16-13)12-3-4-12/h10-12,14H,1-9H2. The van der Waals surface area contributed by atoms with Crippen LogP contribution in [0.25, 0.3) is 0 Å². The summed E-state index contributed by atoms with van der Waals surface area (Å²) < 4.78 is 6.21. The molecule has 0 aromatic rings. The van der Waals surface area contributed by atoms with Gasteiger partial charge in [-0.1, -0.05) is 0 Å². The molecule has 3 nitrogen and oxygen atoms in total. The maximum Gasteiger partial charge on any atom is 0.0839 e. The Morgan fingerprint density at radius 3 is 2.50 bits per heavy atom. The van der Waals surface area contributed by atoms with Gasteiger partial charge in [0, 0.05) is 31.2 Å². The van der Waals surface area contributed by atoms with Crippen LogP contribution in [0.2, 0.25) is 0 Å². The molecule has 16 heavy (non-hydrogen) atoms. The minimum atomic E-state index is 0.220. The van der Waals surface area contributed by atoms with Crippen molar-refractivity contribution < 1.29 is 4.74 Å². The Balaban J connectivity index is 1.51. The molecule has 3 heteroatoms. The lowest BCUT2D eigenvalue weighted by Crippen LogP contribution is -2.59. The van der Waals surface area contributed by atoms with Crippen LogP contribution in [0, 0.1) is 0 Å². The number of hydrogen-bond acceptors (Lipinski definition) is 3. The SMILES string of the molecule is C1CN(C2CC2)CC2(CC3CCC(C2)N3)O1. The van der Waals surface area contributed by atoms with Crippen molar-refractivity contribution in [3.63, 3.8) is 0 Å². The molecule has 1 spiro atoms. The summed E-state index contributed by atoms with van der Waals surface area (Å²) in [6, 6.07) is 2.41. The maximum atomic E-state index is 6.21. The van der Waals surface area contributed by atoms with Gasteiger partial charge in [0.05, 0.1) is 12.2 Å². The molecule has 3 heterocycles. The first-order valence-corrected chi connectivity index (χ1v) is 6.97. The van der Waals surface area contributed by atoms with Gasteiger partial charge in [-0.05, 0) is 38.5 Å². The van der Waals surface area contributed by atoms with Crippen LogP contribution in [0.4, 0.5) is 0 Å². The maximum absolute atomic E-state index is 6.21. The third-order valence-corrected chi connectivity index (χ3v) is 4.91. The third-order valence-electron chi connectivity index (χ3n) is 4.91. The molecule has 3 saturated heterocycles. The van der Waals surface area contributed by atoms with E-state index in [0.29, 0.717) is 0 Å². The number of fused-ring (bicyclic) bond motifs is 2. The highest BCUT2D eigenvalue weighted by Gasteiger charge is 2.48. The summed E-state index contributed by atoms with van der Waals surface area (Å²) in [5.41, 5.74) is 0.220. The molecule has 0 amide bonds. The van der Waals surface area contributed by atoms with E-state index >= 15 is 0 Å². The Bertz CT molecular complexity index is 278. The van der Waals surface area contributed by atoms with E-state index in [1.54, 1.807) is 0 Å². The number of piperidine rings is 1. The van der Waals surface area contributed by atoms with Crippen LogP contribution in [-0.4, -0.2) is 48.3 Å². The minimum absolute atomic E-state index is 0.220. The molecule has 2 atom stereocenters. The Kier molecular flexibility index (Phi) is 2.12. The van der Waals surface area contributed by atoms with Crippen molar-refractivity contribution in [3.8, 4) is 0 Å². The average Bonchev–Trinajstić information content (AvgIpc) is 3.05. The molecule has 2 bridgehead atoms. The summed E-state index contributed by atoms with van der Waals surface area (Å²) in [6.07, 6.45) is 8.13. The molecule has 90 valence electrons. The van der Waals surface area contributed by atoms with E-state index in [1.807, 2.05) is 0 Å². The van der Waals surface area contributed by atoms with Crippen molar-refractivity contribution in [1.82, 2.24) is 10.2 Å². The molecule has 0 radical (unpaired) electrons. The van der Waals surface area contributed by atoms with Gasteiger partial charge in [0.1, 0.15) is 0 Å². The van der Waals surface area contributed by atoms with Gasteiger partial charge in [0.25, 0.3) is 0 Å². The first-order valence-electron chi connectivity index (χ1n) is 6.97. The van der Waals surface area contributed by atoms with Crippen LogP contribution in [0.15, 0.2) is 0 Å². The summed E-state index contributed by atoms with van der Waals surface area (Å²) in [7, 11) is 0. The summed E-state index contributed by atoms with van der Waals surface area (Å²) in [5, 5.41) is 3.72. The molecule has 4 rings (SSSR count). The highest BCUT2D eigenvalue weighted by Crippen LogP contribution is 2.40. The monoisotopic (exact) mass is 222 g/mol. The Morgan fingerprint density at radius 2 is 1.81 bits per heavy atom. The van der Waals surface area contributed by atoms with Gasteiger partial charge in [0.15, 0.2) is 0 Å². The van der Waals surface area contributed by atoms with Crippen LogP contribution < -0.4 is 5.32 Å².